The molecule has 0 saturated carbocycles. The first-order valence-corrected chi connectivity index (χ1v) is 10.4. The Kier molecular flexibility index (Phi) is 6.26. The average molecular weight is 427 g/mol. The van der Waals surface area contributed by atoms with Gasteiger partial charge in [-0.1, -0.05) is 54.2 Å². The van der Waals surface area contributed by atoms with E-state index in [2.05, 4.69) is 10.5 Å². The topological polar surface area (TPSA) is 88.0 Å². The Morgan fingerprint density at radius 1 is 1.03 bits per heavy atom. The molecule has 0 bridgehead atoms. The standard InChI is InChI=1S/C21H18N2O4S2/c1-15-10-12-17(13-11-15)29(25,26)27-20-9-5-2-6-16(20)14-22-23-21(28)18-7-3-4-8-19(18)24/h2-14,24H,1H3,(H,23,28)/b22-14-. The van der Waals surface area contributed by atoms with Gasteiger partial charge in [-0.2, -0.15) is 13.5 Å². The summed E-state index contributed by atoms with van der Waals surface area (Å²) in [6.07, 6.45) is 1.40. The molecule has 29 heavy (non-hydrogen) atoms. The first kappa shape index (κ1) is 20.5. The first-order chi connectivity index (χ1) is 13.9. The van der Waals surface area contributed by atoms with Crippen LogP contribution in [-0.2, 0) is 10.1 Å². The van der Waals surface area contributed by atoms with Crippen molar-refractivity contribution < 1.29 is 17.7 Å². The molecule has 0 aromatic heterocycles. The Hall–Kier alpha value is -3.23. The third-order valence-electron chi connectivity index (χ3n) is 3.95. The number of phenolic OH excluding ortho intramolecular Hbond substituents is 1. The highest BCUT2D eigenvalue weighted by molar-refractivity contribution is 7.87. The van der Waals surface area contributed by atoms with Crippen molar-refractivity contribution in [2.75, 3.05) is 0 Å². The van der Waals surface area contributed by atoms with Crippen molar-refractivity contribution in [3.63, 3.8) is 0 Å². The fraction of sp³-hybridized carbons (Fsp3) is 0.0476. The number of benzene rings is 3. The van der Waals surface area contributed by atoms with Gasteiger partial charge >= 0.3 is 10.1 Å². The SMILES string of the molecule is Cc1ccc(S(=O)(=O)Oc2ccccc2/C=N\NC(=S)c2ccccc2O)cc1. The van der Waals surface area contributed by atoms with Gasteiger partial charge < -0.3 is 9.29 Å². The third kappa shape index (κ3) is 5.18. The van der Waals surface area contributed by atoms with Gasteiger partial charge in [0.25, 0.3) is 0 Å². The van der Waals surface area contributed by atoms with Gasteiger partial charge in [0.05, 0.1) is 11.8 Å². The quantitative estimate of drug-likeness (QED) is 0.270. The molecule has 0 spiro atoms. The van der Waals surface area contributed by atoms with Gasteiger partial charge in [0.15, 0.2) is 5.75 Å². The number of rotatable bonds is 6. The van der Waals surface area contributed by atoms with Gasteiger partial charge in [-0.25, -0.2) is 0 Å². The third-order valence-corrected chi connectivity index (χ3v) is 5.51. The molecule has 0 radical (unpaired) electrons. The molecule has 3 rings (SSSR count). The second-order valence-corrected chi connectivity index (χ2v) is 8.06. The van der Waals surface area contributed by atoms with Crippen molar-refractivity contribution >= 4 is 33.5 Å². The van der Waals surface area contributed by atoms with Crippen LogP contribution in [0.15, 0.2) is 82.8 Å². The van der Waals surface area contributed by atoms with Crippen molar-refractivity contribution in [3.8, 4) is 11.5 Å². The minimum atomic E-state index is -3.98. The van der Waals surface area contributed by atoms with Crippen molar-refractivity contribution in [3.05, 3.63) is 89.5 Å². The fourth-order valence-corrected chi connectivity index (χ4v) is 3.60. The highest BCUT2D eigenvalue weighted by Gasteiger charge is 2.17. The van der Waals surface area contributed by atoms with E-state index in [1.165, 1.54) is 30.5 Å². The van der Waals surface area contributed by atoms with Crippen molar-refractivity contribution in [2.45, 2.75) is 11.8 Å². The van der Waals surface area contributed by atoms with Crippen LogP contribution in [0.25, 0.3) is 0 Å². The second kappa shape index (κ2) is 8.85. The minimum Gasteiger partial charge on any atom is -0.507 e. The Labute approximate surface area is 174 Å². The monoisotopic (exact) mass is 426 g/mol. The number of para-hydroxylation sites is 2. The predicted molar refractivity (Wildman–Crippen MR) is 116 cm³/mol. The lowest BCUT2D eigenvalue weighted by atomic mass is 10.2. The van der Waals surface area contributed by atoms with E-state index in [9.17, 15) is 13.5 Å². The maximum Gasteiger partial charge on any atom is 0.339 e. The summed E-state index contributed by atoms with van der Waals surface area (Å²) in [5.41, 5.74) is 4.48. The van der Waals surface area contributed by atoms with E-state index in [0.717, 1.165) is 5.56 Å². The summed E-state index contributed by atoms with van der Waals surface area (Å²) in [5.74, 6) is 0.167. The number of nitrogens with one attached hydrogen (secondary N) is 1. The Morgan fingerprint density at radius 3 is 2.41 bits per heavy atom. The summed E-state index contributed by atoms with van der Waals surface area (Å²) < 4.78 is 30.4. The van der Waals surface area contributed by atoms with Crippen LogP contribution in [0.2, 0.25) is 0 Å². The molecule has 6 nitrogen and oxygen atoms in total. The molecule has 3 aromatic carbocycles. The normalized spacial score (nSPS) is 11.3. The zero-order chi connectivity index (χ0) is 20.9. The highest BCUT2D eigenvalue weighted by atomic mass is 32.2. The molecule has 0 aliphatic heterocycles. The van der Waals surface area contributed by atoms with Crippen LogP contribution in [0.4, 0.5) is 0 Å². The maximum atomic E-state index is 12.5. The van der Waals surface area contributed by atoms with E-state index >= 15 is 0 Å². The summed E-state index contributed by atoms with van der Waals surface area (Å²) in [5, 5.41) is 13.9. The summed E-state index contributed by atoms with van der Waals surface area (Å²) in [6.45, 7) is 1.87. The molecule has 0 amide bonds. The van der Waals surface area contributed by atoms with Crippen molar-refractivity contribution in [2.24, 2.45) is 5.10 Å². The van der Waals surface area contributed by atoms with Crippen molar-refractivity contribution in [1.82, 2.24) is 5.43 Å². The van der Waals surface area contributed by atoms with Gasteiger partial charge in [0.2, 0.25) is 0 Å². The molecule has 0 unspecified atom stereocenters. The summed E-state index contributed by atoms with van der Waals surface area (Å²) >= 11 is 5.21. The van der Waals surface area contributed by atoms with E-state index in [4.69, 9.17) is 16.4 Å². The highest BCUT2D eigenvalue weighted by Crippen LogP contribution is 2.22. The molecule has 0 aliphatic rings. The second-order valence-electron chi connectivity index (χ2n) is 6.10. The lowest BCUT2D eigenvalue weighted by molar-refractivity contribution is 0.474. The van der Waals surface area contributed by atoms with Gasteiger partial charge in [-0.3, -0.25) is 5.43 Å². The van der Waals surface area contributed by atoms with E-state index in [1.807, 2.05) is 6.92 Å². The predicted octanol–water partition coefficient (Wildman–Crippen LogP) is 3.77. The largest absolute Gasteiger partial charge is 0.507 e. The van der Waals surface area contributed by atoms with E-state index in [1.54, 1.807) is 48.5 Å². The van der Waals surface area contributed by atoms with E-state index in [-0.39, 0.29) is 21.4 Å². The fourth-order valence-electron chi connectivity index (χ4n) is 2.42. The molecule has 0 aliphatic carbocycles. The maximum absolute atomic E-state index is 12.5. The van der Waals surface area contributed by atoms with E-state index < -0.39 is 10.1 Å². The van der Waals surface area contributed by atoms with Crippen LogP contribution < -0.4 is 9.61 Å². The molecule has 2 N–H and O–H groups in total. The van der Waals surface area contributed by atoms with E-state index in [0.29, 0.717) is 11.1 Å². The molecule has 3 aromatic rings. The average Bonchev–Trinajstić information content (AvgIpc) is 2.69. The lowest BCUT2D eigenvalue weighted by Gasteiger charge is -2.10. The Morgan fingerprint density at radius 2 is 1.69 bits per heavy atom. The number of aromatic hydroxyl groups is 1. The summed E-state index contributed by atoms with van der Waals surface area (Å²) in [7, 11) is -3.98. The van der Waals surface area contributed by atoms with Gasteiger partial charge in [-0.15, -0.1) is 0 Å². The smallest absolute Gasteiger partial charge is 0.339 e. The summed E-state index contributed by atoms with van der Waals surface area (Å²) in [4.78, 5) is 0.290. The van der Waals surface area contributed by atoms with Crippen LogP contribution in [0.1, 0.15) is 16.7 Å². The Bertz CT molecular complexity index is 1160. The molecule has 0 atom stereocenters. The Balaban J connectivity index is 1.77. The van der Waals surface area contributed by atoms with Crippen molar-refractivity contribution in [1.29, 1.82) is 0 Å². The zero-order valence-corrected chi connectivity index (χ0v) is 17.1. The number of hydrogen-bond donors (Lipinski definition) is 2. The first-order valence-electron chi connectivity index (χ1n) is 8.58. The lowest BCUT2D eigenvalue weighted by Crippen LogP contribution is -2.16. The van der Waals surface area contributed by atoms with Gasteiger partial charge in [0, 0.05) is 5.56 Å². The molecular formula is C21H18N2O4S2. The molecule has 0 fully saturated rings. The van der Waals surface area contributed by atoms with Crippen LogP contribution in [-0.4, -0.2) is 24.7 Å². The molecular weight excluding hydrogens is 408 g/mol. The number of thiocarbonyl (C=S) groups is 1. The van der Waals surface area contributed by atoms with Crippen LogP contribution >= 0.6 is 12.2 Å². The minimum absolute atomic E-state index is 0.0353. The molecule has 8 heteroatoms. The molecule has 148 valence electrons. The van der Waals surface area contributed by atoms with Gasteiger partial charge in [0.1, 0.15) is 15.6 Å². The molecule has 0 heterocycles. The van der Waals surface area contributed by atoms with Gasteiger partial charge in [-0.05, 0) is 43.3 Å². The number of hydrazone groups is 1. The zero-order valence-electron chi connectivity index (χ0n) is 15.4. The number of hydrogen-bond acceptors (Lipinski definition) is 6. The van der Waals surface area contributed by atoms with Crippen LogP contribution in [0, 0.1) is 6.92 Å². The molecule has 0 saturated heterocycles. The number of phenols is 1. The van der Waals surface area contributed by atoms with Crippen LogP contribution in [0.3, 0.4) is 0 Å². The summed E-state index contributed by atoms with van der Waals surface area (Å²) in [6, 6.07) is 19.6. The van der Waals surface area contributed by atoms with Crippen LogP contribution in [0.5, 0.6) is 11.5 Å². The number of nitrogens with zero attached hydrogens (tertiary/aromatic N) is 1. The number of aryl methyl sites for hydroxylation is 1.